The number of carbonyl (C=O) groups is 1. The average Bonchev–Trinajstić information content (AvgIpc) is 2.69. The first-order chi connectivity index (χ1) is 13.4. The molecule has 2 aromatic rings. The molecule has 4 nitrogen and oxygen atoms in total. The van der Waals surface area contributed by atoms with Crippen LogP contribution >= 0.6 is 0 Å². The molecule has 2 aromatic carbocycles. The summed E-state index contributed by atoms with van der Waals surface area (Å²) in [5, 5.41) is 2.41. The summed E-state index contributed by atoms with van der Waals surface area (Å²) in [6, 6.07) is 14.6. The van der Waals surface area contributed by atoms with E-state index in [1.807, 2.05) is 30.3 Å². The fraction of sp³-hybridized carbons (Fsp3) is 0.286. The van der Waals surface area contributed by atoms with Crippen LogP contribution in [0.25, 0.3) is 6.08 Å². The lowest BCUT2D eigenvalue weighted by molar-refractivity contribution is -0.898. The lowest BCUT2D eigenvalue weighted by Crippen LogP contribution is -3.14. The molecule has 0 spiro atoms. The second kappa shape index (κ2) is 8.93. The third-order valence-corrected chi connectivity index (χ3v) is 4.75. The molecule has 28 heavy (non-hydrogen) atoms. The number of hydrogen-bond acceptors (Lipinski definition) is 1. The van der Waals surface area contributed by atoms with Crippen LogP contribution in [0, 0.1) is 0 Å². The molecule has 3 rings (SSSR count). The molecule has 0 aliphatic carbocycles. The number of piperazine rings is 1. The second-order valence-corrected chi connectivity index (χ2v) is 6.73. The van der Waals surface area contributed by atoms with Crippen LogP contribution in [0.1, 0.15) is 11.1 Å². The zero-order valence-electron chi connectivity index (χ0n) is 15.4. The van der Waals surface area contributed by atoms with Crippen LogP contribution in [-0.2, 0) is 6.18 Å². The van der Waals surface area contributed by atoms with Gasteiger partial charge in [-0.15, -0.1) is 0 Å². The maximum Gasteiger partial charge on any atom is 0.418 e. The van der Waals surface area contributed by atoms with Crippen molar-refractivity contribution in [3.05, 3.63) is 71.8 Å². The second-order valence-electron chi connectivity index (χ2n) is 6.73. The van der Waals surface area contributed by atoms with E-state index >= 15 is 0 Å². The van der Waals surface area contributed by atoms with Gasteiger partial charge < -0.3 is 15.1 Å². The van der Waals surface area contributed by atoms with Gasteiger partial charge in [0, 0.05) is 0 Å². The summed E-state index contributed by atoms with van der Waals surface area (Å²) in [5.41, 5.74) is 0.0995. The number of rotatable bonds is 4. The average molecular weight is 390 g/mol. The predicted octanol–water partition coefficient (Wildman–Crippen LogP) is 3.15. The molecule has 1 saturated heterocycles. The minimum absolute atomic E-state index is 0.208. The minimum Gasteiger partial charge on any atom is -0.329 e. The Bertz CT molecular complexity index is 813. The van der Waals surface area contributed by atoms with Gasteiger partial charge in [-0.1, -0.05) is 48.5 Å². The standard InChI is InChI=1S/C21H22F3N3O/c22-21(23,24)18-10-4-5-11-19(18)25-20(28)27-15-13-26(14-16-27)12-6-9-17-7-2-1-3-8-17/h1-11H,12-16H2,(H,25,28)/p+1/b9-6+. The Balaban J connectivity index is 1.50. The van der Waals surface area contributed by atoms with E-state index in [4.69, 9.17) is 0 Å². The molecule has 7 heteroatoms. The molecule has 1 heterocycles. The Labute approximate surface area is 162 Å². The van der Waals surface area contributed by atoms with Gasteiger partial charge in [0.2, 0.25) is 0 Å². The van der Waals surface area contributed by atoms with E-state index in [1.54, 1.807) is 4.90 Å². The first kappa shape index (κ1) is 19.9. The number of amides is 2. The molecule has 0 atom stereocenters. The molecule has 1 aliphatic heterocycles. The molecular formula is C21H23F3N3O+. The molecule has 0 aromatic heterocycles. The van der Waals surface area contributed by atoms with E-state index in [0.717, 1.165) is 31.3 Å². The fourth-order valence-electron chi connectivity index (χ4n) is 3.19. The van der Waals surface area contributed by atoms with E-state index in [1.165, 1.54) is 23.1 Å². The molecule has 0 saturated carbocycles. The molecular weight excluding hydrogens is 367 g/mol. The lowest BCUT2D eigenvalue weighted by Gasteiger charge is -2.32. The smallest absolute Gasteiger partial charge is 0.329 e. The van der Waals surface area contributed by atoms with Crippen molar-refractivity contribution in [3.63, 3.8) is 0 Å². The normalized spacial score (nSPS) is 15.8. The Morgan fingerprint density at radius 2 is 1.68 bits per heavy atom. The van der Waals surface area contributed by atoms with Crippen molar-refractivity contribution in [2.75, 3.05) is 38.0 Å². The van der Waals surface area contributed by atoms with Crippen LogP contribution in [0.4, 0.5) is 23.7 Å². The van der Waals surface area contributed by atoms with Crippen molar-refractivity contribution < 1.29 is 22.9 Å². The first-order valence-corrected chi connectivity index (χ1v) is 9.21. The lowest BCUT2D eigenvalue weighted by atomic mass is 10.1. The monoisotopic (exact) mass is 390 g/mol. The number of quaternary nitrogens is 1. The number of nitrogens with one attached hydrogen (secondary N) is 2. The summed E-state index contributed by atoms with van der Waals surface area (Å²) < 4.78 is 39.2. The van der Waals surface area contributed by atoms with Crippen molar-refractivity contribution in [1.82, 2.24) is 4.90 Å². The van der Waals surface area contributed by atoms with E-state index in [2.05, 4.69) is 17.5 Å². The SMILES string of the molecule is O=C(Nc1ccccc1C(F)(F)F)N1CC[NH+](C/C=C/c2ccccc2)CC1. The van der Waals surface area contributed by atoms with E-state index in [9.17, 15) is 18.0 Å². The van der Waals surface area contributed by atoms with E-state index in [0.29, 0.717) is 13.1 Å². The Hall–Kier alpha value is -2.80. The maximum atomic E-state index is 13.1. The van der Waals surface area contributed by atoms with Gasteiger partial charge in [-0.25, -0.2) is 4.79 Å². The van der Waals surface area contributed by atoms with Gasteiger partial charge >= 0.3 is 12.2 Å². The van der Waals surface area contributed by atoms with Gasteiger partial charge in [0.25, 0.3) is 0 Å². The summed E-state index contributed by atoms with van der Waals surface area (Å²) in [6.07, 6.45) is -0.321. The number of nitrogens with zero attached hydrogens (tertiary/aromatic N) is 1. The van der Waals surface area contributed by atoms with Crippen molar-refractivity contribution in [2.24, 2.45) is 0 Å². The van der Waals surface area contributed by atoms with Crippen molar-refractivity contribution in [2.45, 2.75) is 6.18 Å². The van der Waals surface area contributed by atoms with Crippen molar-refractivity contribution in [1.29, 1.82) is 0 Å². The third-order valence-electron chi connectivity index (χ3n) is 4.75. The Kier molecular flexibility index (Phi) is 6.36. The molecule has 148 valence electrons. The van der Waals surface area contributed by atoms with E-state index in [-0.39, 0.29) is 5.69 Å². The topological polar surface area (TPSA) is 36.8 Å². The summed E-state index contributed by atoms with van der Waals surface area (Å²) in [7, 11) is 0. The number of anilines is 1. The Morgan fingerprint density at radius 3 is 2.36 bits per heavy atom. The Morgan fingerprint density at radius 1 is 1.04 bits per heavy atom. The van der Waals surface area contributed by atoms with Gasteiger partial charge in [0.05, 0.1) is 44.0 Å². The number of para-hydroxylation sites is 1. The zero-order valence-corrected chi connectivity index (χ0v) is 15.4. The highest BCUT2D eigenvalue weighted by Crippen LogP contribution is 2.34. The maximum absolute atomic E-state index is 13.1. The quantitative estimate of drug-likeness (QED) is 0.827. The molecule has 0 radical (unpaired) electrons. The summed E-state index contributed by atoms with van der Waals surface area (Å²) >= 11 is 0. The molecule has 2 amide bonds. The molecule has 1 aliphatic rings. The van der Waals surface area contributed by atoms with Crippen LogP contribution in [0.15, 0.2) is 60.7 Å². The zero-order chi connectivity index (χ0) is 20.0. The summed E-state index contributed by atoms with van der Waals surface area (Å²) in [5.74, 6) is 0. The van der Waals surface area contributed by atoms with Gasteiger partial charge in [0.15, 0.2) is 0 Å². The molecule has 0 bridgehead atoms. The third kappa shape index (κ3) is 5.36. The van der Waals surface area contributed by atoms with Crippen LogP contribution in [-0.4, -0.2) is 43.7 Å². The van der Waals surface area contributed by atoms with Crippen LogP contribution in [0.5, 0.6) is 0 Å². The number of carbonyl (C=O) groups excluding carboxylic acids is 1. The molecule has 2 N–H and O–H groups in total. The van der Waals surface area contributed by atoms with Crippen molar-refractivity contribution >= 4 is 17.8 Å². The highest BCUT2D eigenvalue weighted by atomic mass is 19.4. The number of urea groups is 1. The van der Waals surface area contributed by atoms with E-state index < -0.39 is 17.8 Å². The van der Waals surface area contributed by atoms with Crippen molar-refractivity contribution in [3.8, 4) is 0 Å². The highest BCUT2D eigenvalue weighted by Gasteiger charge is 2.34. The molecule has 1 fully saturated rings. The van der Waals surface area contributed by atoms with Gasteiger partial charge in [-0.05, 0) is 23.8 Å². The number of halogens is 3. The highest BCUT2D eigenvalue weighted by molar-refractivity contribution is 5.90. The van der Waals surface area contributed by atoms with Gasteiger partial charge in [-0.2, -0.15) is 13.2 Å². The van der Waals surface area contributed by atoms with Gasteiger partial charge in [-0.3, -0.25) is 0 Å². The number of alkyl halides is 3. The van der Waals surface area contributed by atoms with Crippen LogP contribution < -0.4 is 10.2 Å². The summed E-state index contributed by atoms with van der Waals surface area (Å²) in [4.78, 5) is 15.3. The number of hydrogen-bond donors (Lipinski definition) is 2. The largest absolute Gasteiger partial charge is 0.418 e. The first-order valence-electron chi connectivity index (χ1n) is 9.21. The van der Waals surface area contributed by atoms with Crippen LogP contribution in [0.3, 0.4) is 0 Å². The molecule has 0 unspecified atom stereocenters. The van der Waals surface area contributed by atoms with Crippen LogP contribution in [0.2, 0.25) is 0 Å². The minimum atomic E-state index is -4.50. The van der Waals surface area contributed by atoms with Gasteiger partial charge in [0.1, 0.15) is 0 Å². The fourth-order valence-corrected chi connectivity index (χ4v) is 3.19. The predicted molar refractivity (Wildman–Crippen MR) is 103 cm³/mol. The number of benzene rings is 2. The summed E-state index contributed by atoms with van der Waals surface area (Å²) in [6.45, 7) is 3.38.